The molecule has 1 heterocycles. The van der Waals surface area contributed by atoms with Gasteiger partial charge < -0.3 is 9.64 Å². The number of amides is 1. The van der Waals surface area contributed by atoms with E-state index in [1.54, 1.807) is 23.3 Å². The van der Waals surface area contributed by atoms with Crippen LogP contribution in [0.3, 0.4) is 0 Å². The lowest BCUT2D eigenvalue weighted by molar-refractivity contribution is -0.127. The zero-order valence-electron chi connectivity index (χ0n) is 13.9. The number of nitrogens with zero attached hydrogens (tertiary/aromatic N) is 2. The summed E-state index contributed by atoms with van der Waals surface area (Å²) in [5.41, 5.74) is 1.95. The molecule has 0 spiro atoms. The minimum Gasteiger partial charge on any atom is -0.496 e. The van der Waals surface area contributed by atoms with Crippen molar-refractivity contribution in [3.63, 3.8) is 0 Å². The Morgan fingerprint density at radius 3 is 2.88 bits per heavy atom. The molecule has 1 aromatic heterocycles. The molecule has 3 rings (SSSR count). The molecular formula is C18H17BrN2O2S2. The van der Waals surface area contributed by atoms with E-state index in [-0.39, 0.29) is 5.91 Å². The van der Waals surface area contributed by atoms with Crippen molar-refractivity contribution < 1.29 is 9.53 Å². The second kappa shape index (κ2) is 8.21. The lowest BCUT2D eigenvalue weighted by Crippen LogP contribution is -2.28. The van der Waals surface area contributed by atoms with Gasteiger partial charge in [0.1, 0.15) is 5.75 Å². The first kappa shape index (κ1) is 18.2. The number of thiazole rings is 1. The van der Waals surface area contributed by atoms with Crippen LogP contribution in [-0.2, 0) is 11.3 Å². The summed E-state index contributed by atoms with van der Waals surface area (Å²) >= 11 is 6.56. The Hall–Kier alpha value is -1.57. The third kappa shape index (κ3) is 4.54. The number of para-hydroxylation sites is 1. The Balaban J connectivity index is 1.62. The van der Waals surface area contributed by atoms with Crippen molar-refractivity contribution in [2.75, 3.05) is 19.9 Å². The number of carbonyl (C=O) groups excluding carboxylic acids is 1. The van der Waals surface area contributed by atoms with Crippen LogP contribution in [0.2, 0.25) is 0 Å². The highest BCUT2D eigenvalue weighted by atomic mass is 79.9. The average molecular weight is 437 g/mol. The quantitative estimate of drug-likeness (QED) is 0.519. The van der Waals surface area contributed by atoms with E-state index in [9.17, 15) is 4.79 Å². The van der Waals surface area contributed by atoms with E-state index in [0.29, 0.717) is 12.3 Å². The van der Waals surface area contributed by atoms with Crippen LogP contribution in [0.1, 0.15) is 5.56 Å². The average Bonchev–Trinajstić information content (AvgIpc) is 3.02. The van der Waals surface area contributed by atoms with E-state index in [4.69, 9.17) is 4.74 Å². The van der Waals surface area contributed by atoms with Gasteiger partial charge in [0.2, 0.25) is 5.91 Å². The van der Waals surface area contributed by atoms with Gasteiger partial charge in [0, 0.05) is 23.6 Å². The highest BCUT2D eigenvalue weighted by Gasteiger charge is 2.14. The summed E-state index contributed by atoms with van der Waals surface area (Å²) in [6.45, 7) is 0.502. The van der Waals surface area contributed by atoms with Crippen molar-refractivity contribution in [3.8, 4) is 5.75 Å². The van der Waals surface area contributed by atoms with Crippen LogP contribution in [0.25, 0.3) is 10.2 Å². The Labute approximate surface area is 163 Å². The van der Waals surface area contributed by atoms with Gasteiger partial charge in [-0.2, -0.15) is 0 Å². The first-order chi connectivity index (χ1) is 12.1. The van der Waals surface area contributed by atoms with E-state index < -0.39 is 0 Å². The van der Waals surface area contributed by atoms with Gasteiger partial charge in [-0.1, -0.05) is 39.8 Å². The van der Waals surface area contributed by atoms with Gasteiger partial charge in [-0.15, -0.1) is 11.3 Å². The fourth-order valence-corrected chi connectivity index (χ4v) is 4.78. The molecule has 130 valence electrons. The second-order valence-electron chi connectivity index (χ2n) is 5.44. The van der Waals surface area contributed by atoms with Crippen molar-refractivity contribution in [3.05, 3.63) is 52.5 Å². The first-order valence-electron chi connectivity index (χ1n) is 7.61. The number of benzene rings is 2. The van der Waals surface area contributed by atoms with Crippen LogP contribution in [0.4, 0.5) is 0 Å². The molecule has 0 radical (unpaired) electrons. The number of rotatable bonds is 6. The van der Waals surface area contributed by atoms with Crippen LogP contribution in [0.15, 0.2) is 51.3 Å². The standard InChI is InChI=1S/C18H17BrN2O2S2/c1-21(10-12-9-13(19)7-8-15(12)23-2)17(22)11-24-18-20-14-5-3-4-6-16(14)25-18/h3-9H,10-11H2,1-2H3. The van der Waals surface area contributed by atoms with E-state index in [2.05, 4.69) is 20.9 Å². The van der Waals surface area contributed by atoms with E-state index >= 15 is 0 Å². The number of carbonyl (C=O) groups is 1. The van der Waals surface area contributed by atoms with Gasteiger partial charge in [-0.3, -0.25) is 4.79 Å². The Morgan fingerprint density at radius 2 is 2.12 bits per heavy atom. The summed E-state index contributed by atoms with van der Waals surface area (Å²) < 4.78 is 8.40. The van der Waals surface area contributed by atoms with Crippen LogP contribution in [0.5, 0.6) is 5.75 Å². The summed E-state index contributed by atoms with van der Waals surface area (Å²) in [4.78, 5) is 18.7. The maximum Gasteiger partial charge on any atom is 0.233 e. The maximum atomic E-state index is 12.4. The largest absolute Gasteiger partial charge is 0.496 e. The number of hydrogen-bond acceptors (Lipinski definition) is 5. The predicted molar refractivity (Wildman–Crippen MR) is 108 cm³/mol. The summed E-state index contributed by atoms with van der Waals surface area (Å²) in [6, 6.07) is 13.8. The molecule has 0 saturated carbocycles. The number of fused-ring (bicyclic) bond motifs is 1. The molecule has 4 nitrogen and oxygen atoms in total. The van der Waals surface area contributed by atoms with Crippen molar-refractivity contribution in [2.45, 2.75) is 10.9 Å². The van der Waals surface area contributed by atoms with Gasteiger partial charge in [-0.05, 0) is 30.3 Å². The summed E-state index contributed by atoms with van der Waals surface area (Å²) in [5.74, 6) is 1.21. The fourth-order valence-electron chi connectivity index (χ4n) is 2.36. The molecule has 0 saturated heterocycles. The maximum absolute atomic E-state index is 12.4. The monoisotopic (exact) mass is 436 g/mol. The Kier molecular flexibility index (Phi) is 5.98. The molecule has 25 heavy (non-hydrogen) atoms. The number of halogens is 1. The van der Waals surface area contributed by atoms with Crippen molar-refractivity contribution in [1.29, 1.82) is 0 Å². The smallest absolute Gasteiger partial charge is 0.233 e. The summed E-state index contributed by atoms with van der Waals surface area (Å²) in [7, 11) is 3.44. The SMILES string of the molecule is COc1ccc(Br)cc1CN(C)C(=O)CSc1nc2ccccc2s1. The highest BCUT2D eigenvalue weighted by Crippen LogP contribution is 2.29. The molecule has 0 N–H and O–H groups in total. The molecule has 0 aliphatic carbocycles. The van der Waals surface area contributed by atoms with Crippen LogP contribution < -0.4 is 4.74 Å². The van der Waals surface area contributed by atoms with Crippen molar-refractivity contribution in [2.24, 2.45) is 0 Å². The van der Waals surface area contributed by atoms with Gasteiger partial charge in [0.15, 0.2) is 4.34 Å². The number of thioether (sulfide) groups is 1. The van der Waals surface area contributed by atoms with Gasteiger partial charge in [0.05, 0.1) is 23.1 Å². The molecule has 0 bridgehead atoms. The molecule has 3 aromatic rings. The van der Waals surface area contributed by atoms with E-state index in [1.807, 2.05) is 49.5 Å². The number of methoxy groups -OCH3 is 1. The van der Waals surface area contributed by atoms with Gasteiger partial charge in [-0.25, -0.2) is 4.98 Å². The molecular weight excluding hydrogens is 420 g/mol. The Morgan fingerprint density at radius 1 is 1.32 bits per heavy atom. The minimum atomic E-state index is 0.0614. The van der Waals surface area contributed by atoms with Gasteiger partial charge >= 0.3 is 0 Å². The lowest BCUT2D eigenvalue weighted by atomic mass is 10.2. The first-order valence-corrected chi connectivity index (χ1v) is 10.2. The molecule has 0 atom stereocenters. The van der Waals surface area contributed by atoms with Crippen LogP contribution >= 0.6 is 39.0 Å². The summed E-state index contributed by atoms with van der Waals surface area (Å²) in [6.07, 6.45) is 0. The molecule has 0 fully saturated rings. The van der Waals surface area contributed by atoms with Gasteiger partial charge in [0.25, 0.3) is 0 Å². The molecule has 0 aliphatic heterocycles. The number of aromatic nitrogens is 1. The molecule has 7 heteroatoms. The van der Waals surface area contributed by atoms with E-state index in [1.165, 1.54) is 11.8 Å². The third-order valence-electron chi connectivity index (χ3n) is 3.67. The number of ether oxygens (including phenoxy) is 1. The zero-order valence-corrected chi connectivity index (χ0v) is 17.1. The predicted octanol–water partition coefficient (Wildman–Crippen LogP) is 4.82. The molecule has 1 amide bonds. The summed E-state index contributed by atoms with van der Waals surface area (Å²) in [5, 5.41) is 0. The second-order valence-corrected chi connectivity index (χ2v) is 8.61. The van der Waals surface area contributed by atoms with Crippen LogP contribution in [-0.4, -0.2) is 35.7 Å². The normalized spacial score (nSPS) is 10.8. The molecule has 0 unspecified atom stereocenters. The molecule has 0 aliphatic rings. The van der Waals surface area contributed by atoms with E-state index in [0.717, 1.165) is 30.3 Å². The fraction of sp³-hybridized carbons (Fsp3) is 0.222. The number of hydrogen-bond donors (Lipinski definition) is 0. The van der Waals surface area contributed by atoms with Crippen molar-refractivity contribution >= 4 is 55.2 Å². The topological polar surface area (TPSA) is 42.4 Å². The zero-order chi connectivity index (χ0) is 17.8. The highest BCUT2D eigenvalue weighted by molar-refractivity contribution is 9.10. The van der Waals surface area contributed by atoms with Crippen molar-refractivity contribution in [1.82, 2.24) is 9.88 Å². The Bertz CT molecular complexity index is 865. The van der Waals surface area contributed by atoms with Crippen LogP contribution in [0, 0.1) is 0 Å². The third-order valence-corrected chi connectivity index (χ3v) is 6.33. The lowest BCUT2D eigenvalue weighted by Gasteiger charge is -2.18. The molecule has 2 aromatic carbocycles. The minimum absolute atomic E-state index is 0.0614.